The highest BCUT2D eigenvalue weighted by atomic mass is 35.5. The quantitative estimate of drug-likeness (QED) is 0.435. The summed E-state index contributed by atoms with van der Waals surface area (Å²) in [7, 11) is 0. The van der Waals surface area contributed by atoms with Crippen LogP contribution in [0.4, 0.5) is 0 Å². The lowest BCUT2D eigenvalue weighted by atomic mass is 10.2. The Morgan fingerprint density at radius 2 is 1.79 bits per heavy atom. The zero-order chi connectivity index (χ0) is 14.4. The van der Waals surface area contributed by atoms with Crippen LogP contribution in [0.3, 0.4) is 0 Å². The van der Waals surface area contributed by atoms with E-state index in [1.807, 2.05) is 13.8 Å². The van der Waals surface area contributed by atoms with Crippen molar-refractivity contribution in [3.05, 3.63) is 27.2 Å². The van der Waals surface area contributed by atoms with Gasteiger partial charge >= 0.3 is 5.97 Å². The Balaban J connectivity index is 2.49. The monoisotopic (exact) mass is 324 g/mol. The van der Waals surface area contributed by atoms with Gasteiger partial charge in [-0.2, -0.15) is 0 Å². The number of benzene rings is 1. The van der Waals surface area contributed by atoms with E-state index < -0.39 is 5.97 Å². The predicted molar refractivity (Wildman–Crippen MR) is 77.4 cm³/mol. The molecule has 0 aromatic heterocycles. The van der Waals surface area contributed by atoms with E-state index in [2.05, 4.69) is 0 Å². The number of esters is 1. The SMILES string of the molecule is CC(C)COCCC(=O)Oc1c(Cl)cc(Cl)cc1Cl. The van der Waals surface area contributed by atoms with Crippen LogP contribution in [-0.4, -0.2) is 19.2 Å². The second-order valence-electron chi connectivity index (χ2n) is 4.39. The molecule has 0 radical (unpaired) electrons. The van der Waals surface area contributed by atoms with E-state index in [0.717, 1.165) is 0 Å². The summed E-state index contributed by atoms with van der Waals surface area (Å²) in [5.74, 6) is 0.104. The Bertz CT molecular complexity index is 424. The van der Waals surface area contributed by atoms with Gasteiger partial charge in [0.2, 0.25) is 0 Å². The number of carbonyl (C=O) groups excluding carboxylic acids is 1. The maximum Gasteiger partial charge on any atom is 0.313 e. The lowest BCUT2D eigenvalue weighted by Gasteiger charge is -2.09. The number of ether oxygens (including phenoxy) is 2. The first-order valence-corrected chi connectivity index (χ1v) is 6.96. The second kappa shape index (κ2) is 7.95. The molecule has 0 spiro atoms. The number of carbonyl (C=O) groups is 1. The van der Waals surface area contributed by atoms with Crippen LogP contribution < -0.4 is 4.74 Å². The van der Waals surface area contributed by atoms with Crippen LogP contribution in [0.5, 0.6) is 5.75 Å². The van der Waals surface area contributed by atoms with Crippen molar-refractivity contribution in [3.8, 4) is 5.75 Å². The fourth-order valence-corrected chi connectivity index (χ4v) is 2.16. The van der Waals surface area contributed by atoms with Crippen molar-refractivity contribution in [2.24, 2.45) is 5.92 Å². The summed E-state index contributed by atoms with van der Waals surface area (Å²) in [5, 5.41) is 0.790. The van der Waals surface area contributed by atoms with Gasteiger partial charge in [0, 0.05) is 11.6 Å². The molecule has 0 aliphatic rings. The molecule has 6 heteroatoms. The molecule has 0 N–H and O–H groups in total. The molecular weight excluding hydrogens is 310 g/mol. The van der Waals surface area contributed by atoms with Crippen LogP contribution in [0.15, 0.2) is 12.1 Å². The first kappa shape index (κ1) is 16.6. The molecule has 0 bridgehead atoms. The Labute approximate surface area is 127 Å². The number of hydrogen-bond donors (Lipinski definition) is 0. The van der Waals surface area contributed by atoms with Gasteiger partial charge in [0.25, 0.3) is 0 Å². The van der Waals surface area contributed by atoms with Gasteiger partial charge in [-0.05, 0) is 18.1 Å². The normalized spacial score (nSPS) is 10.8. The van der Waals surface area contributed by atoms with Gasteiger partial charge in [0.05, 0.1) is 23.1 Å². The minimum Gasteiger partial charge on any atom is -0.423 e. The fourth-order valence-electron chi connectivity index (χ4n) is 1.27. The number of halogens is 3. The molecule has 1 rings (SSSR count). The largest absolute Gasteiger partial charge is 0.423 e. The molecule has 0 unspecified atom stereocenters. The molecule has 0 saturated carbocycles. The van der Waals surface area contributed by atoms with E-state index >= 15 is 0 Å². The van der Waals surface area contributed by atoms with Crippen molar-refractivity contribution in [1.29, 1.82) is 0 Å². The van der Waals surface area contributed by atoms with Crippen molar-refractivity contribution in [2.45, 2.75) is 20.3 Å². The van der Waals surface area contributed by atoms with Gasteiger partial charge < -0.3 is 9.47 Å². The highest BCUT2D eigenvalue weighted by Gasteiger charge is 2.13. The van der Waals surface area contributed by atoms with Crippen molar-refractivity contribution in [2.75, 3.05) is 13.2 Å². The summed E-state index contributed by atoms with van der Waals surface area (Å²) in [6, 6.07) is 2.93. The summed E-state index contributed by atoms with van der Waals surface area (Å²) in [6.45, 7) is 4.98. The van der Waals surface area contributed by atoms with Crippen LogP contribution in [0.1, 0.15) is 20.3 Å². The van der Waals surface area contributed by atoms with E-state index in [0.29, 0.717) is 24.2 Å². The lowest BCUT2D eigenvalue weighted by molar-refractivity contribution is -0.135. The summed E-state index contributed by atoms with van der Waals surface area (Å²) >= 11 is 17.6. The Hall–Kier alpha value is -0.480. The summed E-state index contributed by atoms with van der Waals surface area (Å²) < 4.78 is 10.4. The highest BCUT2D eigenvalue weighted by molar-refractivity contribution is 6.40. The molecule has 106 valence electrons. The Morgan fingerprint density at radius 3 is 2.32 bits per heavy atom. The van der Waals surface area contributed by atoms with E-state index in [1.165, 1.54) is 12.1 Å². The van der Waals surface area contributed by atoms with Gasteiger partial charge in [-0.1, -0.05) is 48.7 Å². The smallest absolute Gasteiger partial charge is 0.313 e. The molecule has 19 heavy (non-hydrogen) atoms. The average Bonchev–Trinajstić information content (AvgIpc) is 2.29. The van der Waals surface area contributed by atoms with Crippen molar-refractivity contribution >= 4 is 40.8 Å². The standard InChI is InChI=1S/C13H15Cl3O3/c1-8(2)7-18-4-3-12(17)19-13-10(15)5-9(14)6-11(13)16/h5-6,8H,3-4,7H2,1-2H3. The fraction of sp³-hybridized carbons (Fsp3) is 0.462. The summed E-state index contributed by atoms with van der Waals surface area (Å²) in [6.07, 6.45) is 0.141. The van der Waals surface area contributed by atoms with Crippen LogP contribution in [0.25, 0.3) is 0 Å². The summed E-state index contributed by atoms with van der Waals surface area (Å²) in [5.41, 5.74) is 0. The van der Waals surface area contributed by atoms with Gasteiger partial charge in [0.1, 0.15) is 0 Å². The highest BCUT2D eigenvalue weighted by Crippen LogP contribution is 2.35. The van der Waals surface area contributed by atoms with E-state index in [-0.39, 0.29) is 22.2 Å². The lowest BCUT2D eigenvalue weighted by Crippen LogP contribution is -2.13. The third-order valence-corrected chi connectivity index (χ3v) is 2.86. The third-order valence-electron chi connectivity index (χ3n) is 2.08. The molecule has 0 saturated heterocycles. The molecule has 0 heterocycles. The minimum atomic E-state index is -0.449. The topological polar surface area (TPSA) is 35.5 Å². The van der Waals surface area contributed by atoms with Crippen LogP contribution >= 0.6 is 34.8 Å². The molecule has 1 aromatic rings. The first-order chi connectivity index (χ1) is 8.90. The Morgan fingerprint density at radius 1 is 1.21 bits per heavy atom. The maximum absolute atomic E-state index is 11.6. The Kier molecular flexibility index (Phi) is 6.94. The maximum atomic E-state index is 11.6. The van der Waals surface area contributed by atoms with Gasteiger partial charge in [-0.15, -0.1) is 0 Å². The zero-order valence-corrected chi connectivity index (χ0v) is 13.0. The molecule has 1 aromatic carbocycles. The van der Waals surface area contributed by atoms with Crippen molar-refractivity contribution in [1.82, 2.24) is 0 Å². The molecule has 0 aliphatic heterocycles. The van der Waals surface area contributed by atoms with Crippen molar-refractivity contribution < 1.29 is 14.3 Å². The zero-order valence-electron chi connectivity index (χ0n) is 10.7. The molecule has 3 nitrogen and oxygen atoms in total. The molecule has 0 atom stereocenters. The molecule has 0 amide bonds. The van der Waals surface area contributed by atoms with Gasteiger partial charge in [-0.25, -0.2) is 0 Å². The van der Waals surface area contributed by atoms with Crippen LogP contribution in [0.2, 0.25) is 15.1 Å². The molecular formula is C13H15Cl3O3. The molecule has 0 fully saturated rings. The van der Waals surface area contributed by atoms with E-state index in [1.54, 1.807) is 0 Å². The van der Waals surface area contributed by atoms with Crippen LogP contribution in [-0.2, 0) is 9.53 Å². The van der Waals surface area contributed by atoms with E-state index in [4.69, 9.17) is 44.3 Å². The van der Waals surface area contributed by atoms with Gasteiger partial charge in [-0.3, -0.25) is 4.79 Å². The summed E-state index contributed by atoms with van der Waals surface area (Å²) in [4.78, 5) is 11.6. The average molecular weight is 326 g/mol. The number of rotatable bonds is 6. The third kappa shape index (κ3) is 6.00. The minimum absolute atomic E-state index is 0.126. The number of hydrogen-bond acceptors (Lipinski definition) is 3. The second-order valence-corrected chi connectivity index (χ2v) is 5.64. The first-order valence-electron chi connectivity index (χ1n) is 5.83. The van der Waals surface area contributed by atoms with Gasteiger partial charge in [0.15, 0.2) is 5.75 Å². The predicted octanol–water partition coefficient (Wildman–Crippen LogP) is 4.61. The van der Waals surface area contributed by atoms with E-state index in [9.17, 15) is 4.79 Å². The van der Waals surface area contributed by atoms with Crippen LogP contribution in [0, 0.1) is 5.92 Å². The molecule has 0 aliphatic carbocycles. The van der Waals surface area contributed by atoms with Crippen molar-refractivity contribution in [3.63, 3.8) is 0 Å².